The maximum absolute atomic E-state index is 11.0. The van der Waals surface area contributed by atoms with Gasteiger partial charge in [-0.05, 0) is 30.7 Å². The molecule has 2 aromatic rings. The maximum atomic E-state index is 11.0. The molecule has 0 fully saturated rings. The predicted octanol–water partition coefficient (Wildman–Crippen LogP) is 4.06. The first-order valence-electron chi connectivity index (χ1n) is 8.69. The fourth-order valence-corrected chi connectivity index (χ4v) is 3.48. The number of allylic oxidation sites excluding steroid dienone is 2. The zero-order chi connectivity index (χ0) is 19.1. The minimum atomic E-state index is -0.384. The van der Waals surface area contributed by atoms with E-state index >= 15 is 0 Å². The Morgan fingerprint density at radius 2 is 1.93 bits per heavy atom. The van der Waals surface area contributed by atoms with Crippen LogP contribution in [0, 0.1) is 10.1 Å². The van der Waals surface area contributed by atoms with Crippen molar-refractivity contribution >= 4 is 22.9 Å². The molecule has 1 radical (unpaired) electrons. The molecule has 7 nitrogen and oxygen atoms in total. The third-order valence-corrected chi connectivity index (χ3v) is 5.12. The van der Waals surface area contributed by atoms with Crippen molar-refractivity contribution in [2.24, 2.45) is 4.99 Å². The van der Waals surface area contributed by atoms with E-state index in [1.165, 1.54) is 12.1 Å². The molecule has 7 heteroatoms. The number of hydrogen-bond acceptors (Lipinski definition) is 6. The SMILES string of the molecule is COc1ccc2c(c1)N(c1ccc([N+](=O)[O-])cc1)C[N+]1C(=NC(C)=C1C)C2. The van der Waals surface area contributed by atoms with Gasteiger partial charge in [0.25, 0.3) is 11.5 Å². The number of hydrogen-bond donors (Lipinski definition) is 0. The lowest BCUT2D eigenvalue weighted by molar-refractivity contribution is -0.384. The molecule has 2 aromatic carbocycles. The van der Waals surface area contributed by atoms with E-state index in [1.54, 1.807) is 19.2 Å². The molecular formula is C20H20N4O3+. The minimum absolute atomic E-state index is 0.0785. The summed E-state index contributed by atoms with van der Waals surface area (Å²) in [5.74, 6) is 1.79. The van der Waals surface area contributed by atoms with Crippen LogP contribution in [-0.2, 0) is 6.42 Å². The lowest BCUT2D eigenvalue weighted by atomic mass is 10.1. The monoisotopic (exact) mass is 364 g/mol. The van der Waals surface area contributed by atoms with E-state index in [0.717, 1.165) is 46.3 Å². The molecule has 0 saturated heterocycles. The van der Waals surface area contributed by atoms with Gasteiger partial charge in [-0.15, -0.1) is 0 Å². The first-order valence-corrected chi connectivity index (χ1v) is 8.69. The fourth-order valence-electron chi connectivity index (χ4n) is 3.48. The highest BCUT2D eigenvalue weighted by Crippen LogP contribution is 2.37. The maximum Gasteiger partial charge on any atom is 0.269 e. The zero-order valence-electron chi connectivity index (χ0n) is 15.5. The van der Waals surface area contributed by atoms with Gasteiger partial charge in [-0.25, -0.2) is 0 Å². The molecule has 2 heterocycles. The van der Waals surface area contributed by atoms with Crippen molar-refractivity contribution in [1.82, 2.24) is 4.90 Å². The minimum Gasteiger partial charge on any atom is -0.497 e. The number of nitrogens with zero attached hydrogens (tertiary/aromatic N) is 4. The highest BCUT2D eigenvalue weighted by atomic mass is 16.6. The van der Waals surface area contributed by atoms with E-state index in [1.807, 2.05) is 19.1 Å². The fraction of sp³-hybridized carbons (Fsp3) is 0.250. The Kier molecular flexibility index (Phi) is 4.16. The molecule has 2 aliphatic rings. The lowest BCUT2D eigenvalue weighted by Crippen LogP contribution is -2.40. The van der Waals surface area contributed by atoms with Gasteiger partial charge in [-0.3, -0.25) is 15.0 Å². The van der Waals surface area contributed by atoms with Crippen molar-refractivity contribution in [2.75, 3.05) is 18.7 Å². The Balaban J connectivity index is 1.83. The van der Waals surface area contributed by atoms with Crippen molar-refractivity contribution in [2.45, 2.75) is 20.3 Å². The number of ether oxygens (including phenoxy) is 1. The number of methoxy groups -OCH3 is 1. The second-order valence-electron chi connectivity index (χ2n) is 6.64. The summed E-state index contributed by atoms with van der Waals surface area (Å²) in [6.07, 6.45) is 0.720. The molecule has 0 unspecified atom stereocenters. The zero-order valence-corrected chi connectivity index (χ0v) is 15.5. The summed E-state index contributed by atoms with van der Waals surface area (Å²) >= 11 is 0. The van der Waals surface area contributed by atoms with Crippen LogP contribution in [0.5, 0.6) is 5.75 Å². The Labute approximate surface area is 157 Å². The van der Waals surface area contributed by atoms with Crippen LogP contribution in [0.1, 0.15) is 19.4 Å². The topological polar surface area (TPSA) is 73.9 Å². The largest absolute Gasteiger partial charge is 0.497 e. The van der Waals surface area contributed by atoms with Crippen LogP contribution in [0.15, 0.2) is 58.9 Å². The number of anilines is 2. The number of benzene rings is 2. The summed E-state index contributed by atoms with van der Waals surface area (Å²) in [5, 5.41) is 11.0. The Bertz CT molecular complexity index is 979. The second-order valence-corrected chi connectivity index (χ2v) is 6.64. The number of nitro benzene ring substituents is 1. The Morgan fingerprint density at radius 1 is 1.19 bits per heavy atom. The lowest BCUT2D eigenvalue weighted by Gasteiger charge is -2.24. The first-order chi connectivity index (χ1) is 13.0. The summed E-state index contributed by atoms with van der Waals surface area (Å²) in [6.45, 7) is 4.67. The number of fused-ring (bicyclic) bond motifs is 2. The smallest absolute Gasteiger partial charge is 0.269 e. The molecule has 0 bridgehead atoms. The van der Waals surface area contributed by atoms with E-state index in [-0.39, 0.29) is 10.6 Å². The number of nitro groups is 1. The summed E-state index contributed by atoms with van der Waals surface area (Å²) in [6, 6.07) is 12.6. The number of aliphatic imine (C=N–C) groups is 1. The number of amidine groups is 1. The average Bonchev–Trinajstić information content (AvgIpc) is 2.84. The van der Waals surface area contributed by atoms with Gasteiger partial charge < -0.3 is 4.74 Å². The molecule has 0 amide bonds. The molecule has 0 N–H and O–H groups in total. The van der Waals surface area contributed by atoms with Gasteiger partial charge in [0, 0.05) is 30.8 Å². The third-order valence-electron chi connectivity index (χ3n) is 5.12. The molecule has 0 spiro atoms. The molecular weight excluding hydrogens is 344 g/mol. The molecule has 27 heavy (non-hydrogen) atoms. The molecule has 0 aromatic heterocycles. The van der Waals surface area contributed by atoms with Gasteiger partial charge in [-0.1, -0.05) is 11.0 Å². The van der Waals surface area contributed by atoms with Crippen molar-refractivity contribution in [3.8, 4) is 5.75 Å². The van der Waals surface area contributed by atoms with E-state index in [0.29, 0.717) is 6.67 Å². The highest BCUT2D eigenvalue weighted by Gasteiger charge is 2.39. The van der Waals surface area contributed by atoms with E-state index in [2.05, 4.69) is 22.8 Å². The van der Waals surface area contributed by atoms with Gasteiger partial charge in [0.15, 0.2) is 5.70 Å². The summed E-state index contributed by atoms with van der Waals surface area (Å²) in [7, 11) is 1.65. The second kappa shape index (κ2) is 6.51. The summed E-state index contributed by atoms with van der Waals surface area (Å²) in [4.78, 5) is 19.7. The van der Waals surface area contributed by atoms with Crippen molar-refractivity contribution in [3.63, 3.8) is 0 Å². The van der Waals surface area contributed by atoms with Crippen molar-refractivity contribution < 1.29 is 9.66 Å². The molecule has 0 saturated carbocycles. The third kappa shape index (κ3) is 2.96. The van der Waals surface area contributed by atoms with Crippen molar-refractivity contribution in [3.05, 3.63) is 69.5 Å². The average molecular weight is 364 g/mol. The van der Waals surface area contributed by atoms with E-state index in [9.17, 15) is 10.1 Å². The number of rotatable bonds is 3. The quantitative estimate of drug-likeness (QED) is 0.468. The van der Waals surface area contributed by atoms with Gasteiger partial charge in [0.05, 0.1) is 24.1 Å². The predicted molar refractivity (Wildman–Crippen MR) is 105 cm³/mol. The van der Waals surface area contributed by atoms with Gasteiger partial charge in [0.1, 0.15) is 11.4 Å². The first kappa shape index (κ1) is 17.2. The van der Waals surface area contributed by atoms with E-state index in [4.69, 9.17) is 9.73 Å². The Morgan fingerprint density at radius 3 is 2.59 bits per heavy atom. The van der Waals surface area contributed by atoms with Gasteiger partial charge in [-0.2, -0.15) is 4.99 Å². The van der Waals surface area contributed by atoms with E-state index < -0.39 is 0 Å². The normalized spacial score (nSPS) is 16.6. The van der Waals surface area contributed by atoms with Gasteiger partial charge in [0.2, 0.25) is 6.67 Å². The molecule has 2 aliphatic heterocycles. The summed E-state index contributed by atoms with van der Waals surface area (Å²) in [5.41, 5.74) is 5.26. The van der Waals surface area contributed by atoms with Crippen LogP contribution >= 0.6 is 0 Å². The molecule has 0 aliphatic carbocycles. The standard InChI is InChI=1S/C20H20N4O3/c1-13-14(2)22-12-23(16-5-7-17(8-6-16)24(25)26)19-11-18(27-3)9-4-15(19)10-20(22)21-13/h4-9,11H,10,12H2,1-3H3/q+1. The van der Waals surface area contributed by atoms with Crippen LogP contribution in [0.25, 0.3) is 0 Å². The molecule has 0 atom stereocenters. The van der Waals surface area contributed by atoms with Crippen molar-refractivity contribution in [1.29, 1.82) is 0 Å². The van der Waals surface area contributed by atoms with Crippen LogP contribution in [0.3, 0.4) is 0 Å². The van der Waals surface area contributed by atoms with Crippen LogP contribution in [0.4, 0.5) is 17.1 Å². The number of non-ortho nitro benzene ring substituents is 1. The van der Waals surface area contributed by atoms with Crippen LogP contribution < -0.4 is 14.5 Å². The Hall–Kier alpha value is -3.19. The highest BCUT2D eigenvalue weighted by molar-refractivity contribution is 5.94. The van der Waals surface area contributed by atoms with Gasteiger partial charge >= 0.3 is 0 Å². The van der Waals surface area contributed by atoms with Crippen LogP contribution in [-0.4, -0.2) is 24.5 Å². The van der Waals surface area contributed by atoms with Crippen LogP contribution in [0.2, 0.25) is 0 Å². The summed E-state index contributed by atoms with van der Waals surface area (Å²) < 4.78 is 5.42. The molecule has 4 rings (SSSR count). The molecule has 137 valence electrons.